The lowest BCUT2D eigenvalue weighted by Gasteiger charge is -2.08. The van der Waals surface area contributed by atoms with Crippen LogP contribution in [0.15, 0.2) is 18.2 Å². The molecule has 1 aliphatic rings. The van der Waals surface area contributed by atoms with E-state index >= 15 is 0 Å². The van der Waals surface area contributed by atoms with Gasteiger partial charge in [0.2, 0.25) is 5.91 Å². The molecule has 0 bridgehead atoms. The molecule has 0 radical (unpaired) electrons. The SMILES string of the molecule is Cc1cc(F)ccc1NC(=O)CNCC1CC1. The molecule has 3 nitrogen and oxygen atoms in total. The minimum absolute atomic E-state index is 0.0830. The van der Waals surface area contributed by atoms with E-state index < -0.39 is 0 Å². The summed E-state index contributed by atoms with van der Waals surface area (Å²) in [6.07, 6.45) is 2.54. The molecule has 0 heterocycles. The second-order valence-electron chi connectivity index (χ2n) is 4.58. The van der Waals surface area contributed by atoms with Crippen molar-refractivity contribution < 1.29 is 9.18 Å². The molecule has 1 aromatic carbocycles. The first-order valence-electron chi connectivity index (χ1n) is 5.92. The maximum atomic E-state index is 12.9. The van der Waals surface area contributed by atoms with Gasteiger partial charge in [-0.2, -0.15) is 0 Å². The molecule has 17 heavy (non-hydrogen) atoms. The van der Waals surface area contributed by atoms with Crippen molar-refractivity contribution in [3.05, 3.63) is 29.6 Å². The third kappa shape index (κ3) is 3.82. The molecule has 1 fully saturated rings. The Kier molecular flexibility index (Phi) is 3.74. The van der Waals surface area contributed by atoms with Gasteiger partial charge in [0.1, 0.15) is 5.82 Å². The average Bonchev–Trinajstić information content (AvgIpc) is 3.06. The van der Waals surface area contributed by atoms with Crippen LogP contribution in [0, 0.1) is 18.7 Å². The number of nitrogens with one attached hydrogen (secondary N) is 2. The third-order valence-corrected chi connectivity index (χ3v) is 2.88. The van der Waals surface area contributed by atoms with Gasteiger partial charge in [-0.1, -0.05) is 0 Å². The maximum Gasteiger partial charge on any atom is 0.238 e. The molecule has 4 heteroatoms. The van der Waals surface area contributed by atoms with Crippen LogP contribution in [0.2, 0.25) is 0 Å². The first-order valence-corrected chi connectivity index (χ1v) is 5.92. The van der Waals surface area contributed by atoms with Crippen LogP contribution >= 0.6 is 0 Å². The van der Waals surface area contributed by atoms with E-state index in [1.54, 1.807) is 13.0 Å². The van der Waals surface area contributed by atoms with E-state index in [2.05, 4.69) is 10.6 Å². The summed E-state index contributed by atoms with van der Waals surface area (Å²) in [4.78, 5) is 11.6. The van der Waals surface area contributed by atoms with Gasteiger partial charge in [-0.3, -0.25) is 4.79 Å². The summed E-state index contributed by atoms with van der Waals surface area (Å²) in [5, 5.41) is 5.88. The van der Waals surface area contributed by atoms with Crippen molar-refractivity contribution in [2.75, 3.05) is 18.4 Å². The van der Waals surface area contributed by atoms with Crippen molar-refractivity contribution in [2.45, 2.75) is 19.8 Å². The zero-order valence-electron chi connectivity index (χ0n) is 9.92. The first-order chi connectivity index (χ1) is 8.15. The molecule has 1 amide bonds. The zero-order chi connectivity index (χ0) is 12.3. The van der Waals surface area contributed by atoms with Gasteiger partial charge in [0.25, 0.3) is 0 Å². The summed E-state index contributed by atoms with van der Waals surface area (Å²) in [5.41, 5.74) is 1.41. The van der Waals surface area contributed by atoms with Crippen molar-refractivity contribution in [3.8, 4) is 0 Å². The highest BCUT2D eigenvalue weighted by atomic mass is 19.1. The van der Waals surface area contributed by atoms with Crippen LogP contribution in [0.5, 0.6) is 0 Å². The van der Waals surface area contributed by atoms with Gasteiger partial charge in [-0.15, -0.1) is 0 Å². The lowest BCUT2D eigenvalue weighted by atomic mass is 10.2. The van der Waals surface area contributed by atoms with Gasteiger partial charge in [-0.05, 0) is 56.0 Å². The molecule has 92 valence electrons. The second kappa shape index (κ2) is 5.27. The second-order valence-corrected chi connectivity index (χ2v) is 4.58. The number of halogens is 1. The van der Waals surface area contributed by atoms with E-state index in [1.165, 1.54) is 25.0 Å². The molecule has 0 spiro atoms. The number of anilines is 1. The Morgan fingerprint density at radius 1 is 1.47 bits per heavy atom. The molecule has 2 N–H and O–H groups in total. The molecule has 0 aliphatic heterocycles. The fourth-order valence-electron chi connectivity index (χ4n) is 1.67. The Morgan fingerprint density at radius 3 is 2.88 bits per heavy atom. The molecule has 0 saturated heterocycles. The van der Waals surface area contributed by atoms with Gasteiger partial charge >= 0.3 is 0 Å². The lowest BCUT2D eigenvalue weighted by molar-refractivity contribution is -0.115. The Bertz CT molecular complexity index is 416. The number of carbonyl (C=O) groups is 1. The first kappa shape index (κ1) is 12.0. The normalized spacial score (nSPS) is 14.7. The van der Waals surface area contributed by atoms with Gasteiger partial charge in [0.05, 0.1) is 6.54 Å². The van der Waals surface area contributed by atoms with Gasteiger partial charge in [0.15, 0.2) is 0 Å². The third-order valence-electron chi connectivity index (χ3n) is 2.88. The van der Waals surface area contributed by atoms with E-state index in [0.29, 0.717) is 12.2 Å². The van der Waals surface area contributed by atoms with E-state index in [4.69, 9.17) is 0 Å². The molecule has 0 aromatic heterocycles. The molecule has 1 saturated carbocycles. The molecule has 0 atom stereocenters. The minimum Gasteiger partial charge on any atom is -0.325 e. The van der Waals surface area contributed by atoms with E-state index in [-0.39, 0.29) is 11.7 Å². The van der Waals surface area contributed by atoms with Crippen LogP contribution in [0.4, 0.5) is 10.1 Å². The summed E-state index contributed by atoms with van der Waals surface area (Å²) in [6, 6.07) is 4.34. The minimum atomic E-state index is -0.285. The predicted molar refractivity (Wildman–Crippen MR) is 65.4 cm³/mol. The highest BCUT2D eigenvalue weighted by molar-refractivity contribution is 5.92. The number of hydrogen-bond acceptors (Lipinski definition) is 2. The smallest absolute Gasteiger partial charge is 0.238 e. The Labute approximate surface area is 100 Å². The fourth-order valence-corrected chi connectivity index (χ4v) is 1.67. The van der Waals surface area contributed by atoms with Gasteiger partial charge in [-0.25, -0.2) is 4.39 Å². The number of hydrogen-bond donors (Lipinski definition) is 2. The van der Waals surface area contributed by atoms with Crippen LogP contribution in [0.25, 0.3) is 0 Å². The van der Waals surface area contributed by atoms with Crippen molar-refractivity contribution in [2.24, 2.45) is 5.92 Å². The largest absolute Gasteiger partial charge is 0.325 e. The maximum absolute atomic E-state index is 12.9. The Balaban J connectivity index is 1.79. The monoisotopic (exact) mass is 236 g/mol. The molecular formula is C13H17FN2O. The van der Waals surface area contributed by atoms with Crippen molar-refractivity contribution in [1.29, 1.82) is 0 Å². The highest BCUT2D eigenvalue weighted by Crippen LogP contribution is 2.27. The van der Waals surface area contributed by atoms with Crippen LogP contribution in [0.1, 0.15) is 18.4 Å². The molecular weight excluding hydrogens is 219 g/mol. The van der Waals surface area contributed by atoms with E-state index in [9.17, 15) is 9.18 Å². The molecule has 1 aliphatic carbocycles. The average molecular weight is 236 g/mol. The summed E-state index contributed by atoms with van der Waals surface area (Å²) in [5.74, 6) is 0.392. The summed E-state index contributed by atoms with van der Waals surface area (Å²) in [7, 11) is 0. The van der Waals surface area contributed by atoms with Crippen molar-refractivity contribution in [3.63, 3.8) is 0 Å². The van der Waals surface area contributed by atoms with Gasteiger partial charge < -0.3 is 10.6 Å². The quantitative estimate of drug-likeness (QED) is 0.821. The highest BCUT2D eigenvalue weighted by Gasteiger charge is 2.20. The zero-order valence-corrected chi connectivity index (χ0v) is 9.92. The number of benzene rings is 1. The van der Waals surface area contributed by atoms with Crippen LogP contribution in [0.3, 0.4) is 0 Å². The van der Waals surface area contributed by atoms with Crippen molar-refractivity contribution in [1.82, 2.24) is 5.32 Å². The molecule has 2 rings (SSSR count). The van der Waals surface area contributed by atoms with E-state index in [0.717, 1.165) is 18.0 Å². The summed E-state index contributed by atoms with van der Waals surface area (Å²) >= 11 is 0. The van der Waals surface area contributed by atoms with Gasteiger partial charge in [0, 0.05) is 5.69 Å². The summed E-state index contributed by atoms with van der Waals surface area (Å²) < 4.78 is 12.9. The predicted octanol–water partition coefficient (Wildman–Crippen LogP) is 2.07. The fraction of sp³-hybridized carbons (Fsp3) is 0.462. The lowest BCUT2D eigenvalue weighted by Crippen LogP contribution is -2.29. The van der Waals surface area contributed by atoms with Crippen LogP contribution in [-0.4, -0.2) is 19.0 Å². The number of aryl methyl sites for hydroxylation is 1. The van der Waals surface area contributed by atoms with Crippen LogP contribution < -0.4 is 10.6 Å². The Hall–Kier alpha value is -1.42. The number of rotatable bonds is 5. The molecule has 0 unspecified atom stereocenters. The number of amides is 1. The summed E-state index contributed by atoms with van der Waals surface area (Å²) in [6.45, 7) is 3.00. The number of carbonyl (C=O) groups excluding carboxylic acids is 1. The topological polar surface area (TPSA) is 41.1 Å². The van der Waals surface area contributed by atoms with Crippen molar-refractivity contribution >= 4 is 11.6 Å². The molecule has 1 aromatic rings. The Morgan fingerprint density at radius 2 is 2.24 bits per heavy atom. The van der Waals surface area contributed by atoms with Crippen LogP contribution in [-0.2, 0) is 4.79 Å². The standard InChI is InChI=1S/C13H17FN2O/c1-9-6-11(14)4-5-12(9)16-13(17)8-15-7-10-2-3-10/h4-6,10,15H,2-3,7-8H2,1H3,(H,16,17). The van der Waals surface area contributed by atoms with E-state index in [1.807, 2.05) is 0 Å².